The zero-order chi connectivity index (χ0) is 27.0. The van der Waals surface area contributed by atoms with Gasteiger partial charge in [0.05, 0.1) is 18.6 Å². The third-order valence-corrected chi connectivity index (χ3v) is 5.96. The number of nitrogens with zero attached hydrogens (tertiary/aromatic N) is 2. The summed E-state index contributed by atoms with van der Waals surface area (Å²) in [7, 11) is 6.86. The first kappa shape index (κ1) is 32.1. The van der Waals surface area contributed by atoms with E-state index in [2.05, 4.69) is 11.9 Å². The summed E-state index contributed by atoms with van der Waals surface area (Å²) in [6, 6.07) is -1.65. The van der Waals surface area contributed by atoms with E-state index >= 15 is 0 Å². The first-order valence-electron chi connectivity index (χ1n) is 12.1. The molecule has 0 aromatic carbocycles. The van der Waals surface area contributed by atoms with Crippen LogP contribution in [0.4, 0.5) is 0 Å². The van der Waals surface area contributed by atoms with Gasteiger partial charge in [-0.2, -0.15) is 0 Å². The van der Waals surface area contributed by atoms with Crippen molar-refractivity contribution in [3.63, 3.8) is 0 Å². The summed E-state index contributed by atoms with van der Waals surface area (Å²) in [4.78, 5) is 42.7. The average Bonchev–Trinajstić information content (AvgIpc) is 2.68. The van der Waals surface area contributed by atoms with Crippen LogP contribution >= 0.6 is 0 Å². The molecule has 2 amide bonds. The standard InChI is InChI=1S/C26H49N3O5/c1-14-18(6)23(19(33-13)15-20(30)34-26(7,8)9)29(12)25(32)21(16(2)3)27-24(31)22(17(4)5)28(10)11/h16,18-19,21-23H,4,14-15H2,1-3,5-13H3,(H,27,31)/t18-,19+,21-,22-,23-/m0/s1. The minimum Gasteiger partial charge on any atom is -0.460 e. The number of rotatable bonds is 13. The second kappa shape index (κ2) is 13.8. The van der Waals surface area contributed by atoms with Gasteiger partial charge in [-0.15, -0.1) is 0 Å². The van der Waals surface area contributed by atoms with Crippen LogP contribution < -0.4 is 5.32 Å². The average molecular weight is 484 g/mol. The molecule has 0 radical (unpaired) electrons. The maximum atomic E-state index is 13.7. The summed E-state index contributed by atoms with van der Waals surface area (Å²) in [5.74, 6) is -0.960. The first-order valence-corrected chi connectivity index (χ1v) is 12.1. The van der Waals surface area contributed by atoms with Crippen molar-refractivity contribution >= 4 is 17.8 Å². The van der Waals surface area contributed by atoms with Crippen molar-refractivity contribution in [1.82, 2.24) is 15.1 Å². The van der Waals surface area contributed by atoms with Crippen LogP contribution in [0.1, 0.15) is 68.2 Å². The number of likely N-dealkylation sites (N-methyl/N-ethyl adjacent to an activating group) is 2. The minimum atomic E-state index is -0.732. The van der Waals surface area contributed by atoms with Gasteiger partial charge in [0.15, 0.2) is 0 Å². The van der Waals surface area contributed by atoms with E-state index in [0.717, 1.165) is 6.42 Å². The number of ether oxygens (including phenoxy) is 2. The van der Waals surface area contributed by atoms with Gasteiger partial charge in [-0.25, -0.2) is 0 Å². The molecule has 0 bridgehead atoms. The third-order valence-electron chi connectivity index (χ3n) is 5.96. The topological polar surface area (TPSA) is 88.2 Å². The Morgan fingerprint density at radius 2 is 1.59 bits per heavy atom. The second-order valence-corrected chi connectivity index (χ2v) is 10.8. The van der Waals surface area contributed by atoms with Gasteiger partial charge in [0, 0.05) is 14.2 Å². The number of esters is 1. The van der Waals surface area contributed by atoms with Crippen LogP contribution in [0.5, 0.6) is 0 Å². The fourth-order valence-corrected chi connectivity index (χ4v) is 4.14. The molecule has 0 saturated heterocycles. The number of nitrogens with one attached hydrogen (secondary N) is 1. The molecule has 0 unspecified atom stereocenters. The van der Waals surface area contributed by atoms with E-state index in [1.165, 1.54) is 0 Å². The van der Waals surface area contributed by atoms with Crippen LogP contribution in [0.3, 0.4) is 0 Å². The Hall–Kier alpha value is -1.93. The molecule has 8 heteroatoms. The number of carbonyl (C=O) groups excluding carboxylic acids is 3. The van der Waals surface area contributed by atoms with Crippen LogP contribution in [0, 0.1) is 11.8 Å². The largest absolute Gasteiger partial charge is 0.460 e. The van der Waals surface area contributed by atoms with Gasteiger partial charge in [0.25, 0.3) is 0 Å². The van der Waals surface area contributed by atoms with E-state index in [9.17, 15) is 14.4 Å². The van der Waals surface area contributed by atoms with E-state index in [1.807, 2.05) is 48.5 Å². The van der Waals surface area contributed by atoms with E-state index < -0.39 is 23.8 Å². The molecule has 0 saturated carbocycles. The highest BCUT2D eigenvalue weighted by molar-refractivity contribution is 5.91. The lowest BCUT2D eigenvalue weighted by molar-refractivity contribution is -0.161. The van der Waals surface area contributed by atoms with Crippen molar-refractivity contribution in [3.8, 4) is 0 Å². The van der Waals surface area contributed by atoms with Gasteiger partial charge in [0.2, 0.25) is 11.8 Å². The predicted octanol–water partition coefficient (Wildman–Crippen LogP) is 3.25. The lowest BCUT2D eigenvalue weighted by Gasteiger charge is -2.40. The van der Waals surface area contributed by atoms with Crippen LogP contribution in [0.2, 0.25) is 0 Å². The van der Waals surface area contributed by atoms with E-state index in [-0.39, 0.29) is 42.1 Å². The van der Waals surface area contributed by atoms with Gasteiger partial charge in [-0.3, -0.25) is 19.3 Å². The number of amides is 2. The maximum Gasteiger partial charge on any atom is 0.309 e. The molecule has 34 heavy (non-hydrogen) atoms. The van der Waals surface area contributed by atoms with Crippen molar-refractivity contribution in [2.24, 2.45) is 11.8 Å². The fraction of sp³-hybridized carbons (Fsp3) is 0.808. The highest BCUT2D eigenvalue weighted by Crippen LogP contribution is 2.24. The Balaban J connectivity index is 5.92. The van der Waals surface area contributed by atoms with Crippen LogP contribution in [0.15, 0.2) is 12.2 Å². The summed E-state index contributed by atoms with van der Waals surface area (Å²) in [5, 5.41) is 2.94. The smallest absolute Gasteiger partial charge is 0.309 e. The number of hydrogen-bond donors (Lipinski definition) is 1. The molecule has 198 valence electrons. The van der Waals surface area contributed by atoms with Gasteiger partial charge < -0.3 is 19.7 Å². The lowest BCUT2D eigenvalue weighted by Crippen LogP contribution is -2.59. The molecule has 0 aromatic rings. The molecule has 8 nitrogen and oxygen atoms in total. The SMILES string of the molecule is C=C(C)[C@@H](C(=O)N[C@H](C(=O)N(C)[C@@H]([C@@H](C)CC)[C@@H](CC(=O)OC(C)(C)C)OC)C(C)C)N(C)C. The Bertz CT molecular complexity index is 699. The molecule has 0 rings (SSSR count). The fourth-order valence-electron chi connectivity index (χ4n) is 4.14. The molecule has 0 aliphatic heterocycles. The number of methoxy groups -OCH3 is 1. The monoisotopic (exact) mass is 483 g/mol. The van der Waals surface area contributed by atoms with Crippen LogP contribution in [-0.2, 0) is 23.9 Å². The Labute approximate surface area is 207 Å². The quantitative estimate of drug-likeness (QED) is 0.320. The van der Waals surface area contributed by atoms with Crippen molar-refractivity contribution < 1.29 is 23.9 Å². The summed E-state index contributed by atoms with van der Waals surface area (Å²) < 4.78 is 11.2. The zero-order valence-electron chi connectivity index (χ0n) is 23.5. The Kier molecular flexibility index (Phi) is 13.0. The highest BCUT2D eigenvalue weighted by Gasteiger charge is 2.39. The van der Waals surface area contributed by atoms with Crippen molar-refractivity contribution in [3.05, 3.63) is 12.2 Å². The van der Waals surface area contributed by atoms with E-state index in [0.29, 0.717) is 5.57 Å². The van der Waals surface area contributed by atoms with E-state index in [4.69, 9.17) is 9.47 Å². The van der Waals surface area contributed by atoms with Gasteiger partial charge in [0.1, 0.15) is 17.7 Å². The molecule has 1 N–H and O–H groups in total. The van der Waals surface area contributed by atoms with Crippen molar-refractivity contribution in [1.29, 1.82) is 0 Å². The van der Waals surface area contributed by atoms with Gasteiger partial charge in [-0.05, 0) is 53.6 Å². The molecule has 0 aliphatic rings. The van der Waals surface area contributed by atoms with Crippen molar-refractivity contribution in [2.75, 3.05) is 28.3 Å². The summed E-state index contributed by atoms with van der Waals surface area (Å²) >= 11 is 0. The minimum absolute atomic E-state index is 0.0253. The third kappa shape index (κ3) is 9.74. The molecule has 0 fully saturated rings. The van der Waals surface area contributed by atoms with Crippen LogP contribution in [-0.4, -0.2) is 85.7 Å². The molecule has 0 aromatic heterocycles. The van der Waals surface area contributed by atoms with Crippen molar-refractivity contribution in [2.45, 2.75) is 98.1 Å². The first-order chi connectivity index (χ1) is 15.5. The Morgan fingerprint density at radius 3 is 1.94 bits per heavy atom. The highest BCUT2D eigenvalue weighted by atomic mass is 16.6. The number of hydrogen-bond acceptors (Lipinski definition) is 6. The lowest BCUT2D eigenvalue weighted by atomic mass is 9.90. The molecule has 0 heterocycles. The summed E-state index contributed by atoms with van der Waals surface area (Å²) in [6.45, 7) is 19.0. The maximum absolute atomic E-state index is 13.7. The predicted molar refractivity (Wildman–Crippen MR) is 136 cm³/mol. The zero-order valence-corrected chi connectivity index (χ0v) is 23.5. The van der Waals surface area contributed by atoms with Crippen LogP contribution in [0.25, 0.3) is 0 Å². The van der Waals surface area contributed by atoms with Gasteiger partial charge in [-0.1, -0.05) is 46.3 Å². The number of carbonyl (C=O) groups is 3. The summed E-state index contributed by atoms with van der Waals surface area (Å²) in [5.41, 5.74) is 0.0857. The van der Waals surface area contributed by atoms with Gasteiger partial charge >= 0.3 is 5.97 Å². The molecular formula is C26H49N3O5. The molecule has 0 spiro atoms. The summed E-state index contributed by atoms with van der Waals surface area (Å²) in [6.07, 6.45) is 0.262. The molecular weight excluding hydrogens is 434 g/mol. The Morgan fingerprint density at radius 1 is 1.06 bits per heavy atom. The molecule has 5 atom stereocenters. The van der Waals surface area contributed by atoms with E-state index in [1.54, 1.807) is 45.0 Å². The molecule has 0 aliphatic carbocycles. The normalized spacial score (nSPS) is 16.4. The second-order valence-electron chi connectivity index (χ2n) is 10.8.